The number of halogens is 5. The second kappa shape index (κ2) is 3.68. The number of hydrogen-bond acceptors (Lipinski definition) is 1. The predicted molar refractivity (Wildman–Crippen MR) is 44.6 cm³/mol. The van der Waals surface area contributed by atoms with Crippen molar-refractivity contribution in [1.29, 1.82) is 0 Å². The molecule has 0 heterocycles. The second-order valence-corrected chi connectivity index (χ2v) is 3.48. The van der Waals surface area contributed by atoms with Crippen LogP contribution < -0.4 is 0 Å². The van der Waals surface area contributed by atoms with Crippen molar-refractivity contribution in [3.8, 4) is 0 Å². The molecule has 0 spiro atoms. The molecular weight excluding hydrogens is 268 g/mol. The first-order valence-electron chi connectivity index (χ1n) is 3.38. The van der Waals surface area contributed by atoms with E-state index in [0.717, 1.165) is 0 Å². The average Bonchev–Trinajstić information content (AvgIpc) is 1.99. The molecule has 14 heavy (non-hydrogen) atoms. The quantitative estimate of drug-likeness (QED) is 0.459. The maximum absolute atomic E-state index is 12.5. The molecule has 1 aromatic rings. The molecule has 76 valence electrons. The molecule has 1 rings (SSSR count). The third-order valence-electron chi connectivity index (χ3n) is 1.38. The van der Waals surface area contributed by atoms with E-state index in [2.05, 4.69) is 0 Å². The van der Waals surface area contributed by atoms with Crippen LogP contribution in [0.4, 0.5) is 17.6 Å². The Morgan fingerprint density at radius 1 is 1.14 bits per heavy atom. The largest absolute Gasteiger partial charge is 0.363 e. The summed E-state index contributed by atoms with van der Waals surface area (Å²) in [6, 6.07) is 1.57. The van der Waals surface area contributed by atoms with Gasteiger partial charge in [-0.15, -0.1) is 0 Å². The molecular formula is C8H3BrF4O. The van der Waals surface area contributed by atoms with Crippen LogP contribution in [-0.2, 0) is 0 Å². The molecule has 0 aliphatic carbocycles. The SMILES string of the molecule is O=C(c1cc(F)cc(F)c1)C(F)(F)Br. The van der Waals surface area contributed by atoms with E-state index in [1.165, 1.54) is 0 Å². The zero-order chi connectivity index (χ0) is 10.9. The first-order valence-corrected chi connectivity index (χ1v) is 4.17. The molecule has 0 amide bonds. The van der Waals surface area contributed by atoms with Gasteiger partial charge in [0.1, 0.15) is 11.6 Å². The van der Waals surface area contributed by atoms with E-state index in [-0.39, 0.29) is 0 Å². The Morgan fingerprint density at radius 3 is 1.93 bits per heavy atom. The number of benzene rings is 1. The van der Waals surface area contributed by atoms with Crippen molar-refractivity contribution in [2.45, 2.75) is 4.83 Å². The predicted octanol–water partition coefficient (Wildman–Crippen LogP) is 3.14. The van der Waals surface area contributed by atoms with Crippen LogP contribution in [0, 0.1) is 11.6 Å². The van der Waals surface area contributed by atoms with Gasteiger partial charge < -0.3 is 0 Å². The molecule has 0 aliphatic heterocycles. The van der Waals surface area contributed by atoms with E-state index in [0.29, 0.717) is 18.2 Å². The maximum atomic E-state index is 12.5. The molecule has 0 bridgehead atoms. The van der Waals surface area contributed by atoms with Crippen LogP contribution in [0.5, 0.6) is 0 Å². The molecule has 0 atom stereocenters. The Morgan fingerprint density at radius 2 is 1.57 bits per heavy atom. The van der Waals surface area contributed by atoms with Crippen LogP contribution >= 0.6 is 15.9 Å². The molecule has 0 unspecified atom stereocenters. The number of carbonyl (C=O) groups excluding carboxylic acids is 1. The molecule has 1 aromatic carbocycles. The zero-order valence-corrected chi connectivity index (χ0v) is 8.12. The summed E-state index contributed by atoms with van der Waals surface area (Å²) in [5.41, 5.74) is -0.718. The van der Waals surface area contributed by atoms with Gasteiger partial charge in [-0.25, -0.2) is 8.78 Å². The first-order chi connectivity index (χ1) is 6.30. The Bertz CT molecular complexity index is 352. The average molecular weight is 271 g/mol. The van der Waals surface area contributed by atoms with Gasteiger partial charge in [-0.1, -0.05) is 0 Å². The third-order valence-corrected chi connectivity index (χ3v) is 1.74. The van der Waals surface area contributed by atoms with Gasteiger partial charge in [0.25, 0.3) is 0 Å². The summed E-state index contributed by atoms with van der Waals surface area (Å²) in [6.45, 7) is 0. The topological polar surface area (TPSA) is 17.1 Å². The summed E-state index contributed by atoms with van der Waals surface area (Å²) >= 11 is 1.80. The number of hydrogen-bond donors (Lipinski definition) is 0. The van der Waals surface area contributed by atoms with E-state index in [4.69, 9.17) is 0 Å². The van der Waals surface area contributed by atoms with Gasteiger partial charge in [0, 0.05) is 11.6 Å². The summed E-state index contributed by atoms with van der Waals surface area (Å²) in [6.07, 6.45) is 0. The van der Waals surface area contributed by atoms with Crippen molar-refractivity contribution in [2.24, 2.45) is 0 Å². The smallest absolute Gasteiger partial charge is 0.286 e. The highest BCUT2D eigenvalue weighted by molar-refractivity contribution is 9.10. The van der Waals surface area contributed by atoms with Crippen LogP contribution in [0.1, 0.15) is 10.4 Å². The standard InChI is InChI=1S/C8H3BrF4O/c9-8(12,13)7(14)4-1-5(10)3-6(11)2-4/h1-3H. The van der Waals surface area contributed by atoms with E-state index in [1.54, 1.807) is 15.9 Å². The lowest BCUT2D eigenvalue weighted by molar-refractivity contribution is 0.0591. The minimum atomic E-state index is -3.81. The normalized spacial score (nSPS) is 11.5. The molecule has 0 N–H and O–H groups in total. The third kappa shape index (κ3) is 2.54. The van der Waals surface area contributed by atoms with Gasteiger partial charge >= 0.3 is 4.83 Å². The van der Waals surface area contributed by atoms with Gasteiger partial charge in [0.2, 0.25) is 5.78 Å². The van der Waals surface area contributed by atoms with Gasteiger partial charge in [-0.3, -0.25) is 4.79 Å². The lowest BCUT2D eigenvalue weighted by atomic mass is 10.1. The van der Waals surface area contributed by atoms with Crippen LogP contribution in [-0.4, -0.2) is 10.6 Å². The molecule has 0 aromatic heterocycles. The molecule has 1 nitrogen and oxygen atoms in total. The van der Waals surface area contributed by atoms with E-state index < -0.39 is 27.8 Å². The molecule has 0 aliphatic rings. The van der Waals surface area contributed by atoms with Crippen molar-refractivity contribution in [3.63, 3.8) is 0 Å². The summed E-state index contributed by atoms with van der Waals surface area (Å²) < 4.78 is 49.8. The highest BCUT2D eigenvalue weighted by Crippen LogP contribution is 2.27. The van der Waals surface area contributed by atoms with Crippen molar-refractivity contribution in [2.75, 3.05) is 0 Å². The van der Waals surface area contributed by atoms with Gasteiger partial charge in [0.05, 0.1) is 0 Å². The second-order valence-electron chi connectivity index (χ2n) is 2.49. The van der Waals surface area contributed by atoms with Crippen LogP contribution in [0.3, 0.4) is 0 Å². The summed E-state index contributed by atoms with van der Waals surface area (Å²) in [5, 5.41) is 0. The van der Waals surface area contributed by atoms with E-state index in [1.807, 2.05) is 0 Å². The molecule has 0 saturated heterocycles. The minimum Gasteiger partial charge on any atom is -0.286 e. The van der Waals surface area contributed by atoms with Crippen LogP contribution in [0.15, 0.2) is 18.2 Å². The van der Waals surface area contributed by atoms with Crippen LogP contribution in [0.25, 0.3) is 0 Å². The monoisotopic (exact) mass is 270 g/mol. The Labute approximate surface area is 84.9 Å². The first kappa shape index (κ1) is 11.2. The number of ketones is 1. The van der Waals surface area contributed by atoms with E-state index >= 15 is 0 Å². The highest BCUT2D eigenvalue weighted by Gasteiger charge is 2.36. The highest BCUT2D eigenvalue weighted by atomic mass is 79.9. The van der Waals surface area contributed by atoms with Gasteiger partial charge in [0.15, 0.2) is 0 Å². The summed E-state index contributed by atoms with van der Waals surface area (Å²) in [5.74, 6) is -3.84. The Hall–Kier alpha value is -0.910. The van der Waals surface area contributed by atoms with Crippen molar-refractivity contribution >= 4 is 21.7 Å². The van der Waals surface area contributed by atoms with Crippen molar-refractivity contribution < 1.29 is 22.4 Å². The Kier molecular flexibility index (Phi) is 2.94. The fourth-order valence-electron chi connectivity index (χ4n) is 0.849. The number of rotatable bonds is 2. The van der Waals surface area contributed by atoms with Gasteiger partial charge in [-0.05, 0) is 28.1 Å². The molecule has 0 fully saturated rings. The maximum Gasteiger partial charge on any atom is 0.363 e. The van der Waals surface area contributed by atoms with Gasteiger partial charge in [-0.2, -0.15) is 8.78 Å². The fourth-order valence-corrected chi connectivity index (χ4v) is 1.08. The van der Waals surface area contributed by atoms with Crippen molar-refractivity contribution in [3.05, 3.63) is 35.4 Å². The Balaban J connectivity index is 3.14. The van der Waals surface area contributed by atoms with Crippen LogP contribution in [0.2, 0.25) is 0 Å². The lowest BCUT2D eigenvalue weighted by Crippen LogP contribution is -2.21. The fraction of sp³-hybridized carbons (Fsp3) is 0.125. The number of alkyl halides is 3. The molecule has 0 radical (unpaired) electrons. The lowest BCUT2D eigenvalue weighted by Gasteiger charge is -2.06. The summed E-state index contributed by atoms with van der Waals surface area (Å²) in [4.78, 5) is 7.03. The van der Waals surface area contributed by atoms with E-state index in [9.17, 15) is 22.4 Å². The number of carbonyl (C=O) groups is 1. The zero-order valence-electron chi connectivity index (χ0n) is 6.53. The molecule has 0 saturated carbocycles. The minimum absolute atomic E-state index is 0.489. The summed E-state index contributed by atoms with van der Waals surface area (Å²) in [7, 11) is 0. The number of Topliss-reactive ketones (excluding diaryl/α,β-unsaturated/α-hetero) is 1. The molecule has 6 heteroatoms. The van der Waals surface area contributed by atoms with Crippen molar-refractivity contribution in [1.82, 2.24) is 0 Å².